The van der Waals surface area contributed by atoms with Crippen LogP contribution in [0.1, 0.15) is 36.1 Å². The summed E-state index contributed by atoms with van der Waals surface area (Å²) in [5.74, 6) is -0.961. The topological polar surface area (TPSA) is 12.0 Å². The van der Waals surface area contributed by atoms with E-state index in [2.05, 4.69) is 23.5 Å². The minimum absolute atomic E-state index is 0.136. The van der Waals surface area contributed by atoms with Crippen LogP contribution in [0.4, 0.5) is 8.78 Å². The Morgan fingerprint density at radius 1 is 1.00 bits per heavy atom. The summed E-state index contributed by atoms with van der Waals surface area (Å²) in [6, 6.07) is 12.3. The monoisotopic (exact) mass is 287 g/mol. The Hall–Kier alpha value is -1.74. The molecule has 0 saturated heterocycles. The van der Waals surface area contributed by atoms with Gasteiger partial charge in [-0.2, -0.15) is 0 Å². The van der Waals surface area contributed by atoms with Gasteiger partial charge in [0.25, 0.3) is 0 Å². The highest BCUT2D eigenvalue weighted by Gasteiger charge is 2.22. The van der Waals surface area contributed by atoms with Gasteiger partial charge in [0.2, 0.25) is 0 Å². The highest BCUT2D eigenvalue weighted by atomic mass is 19.1. The minimum atomic E-state index is -0.480. The Kier molecular flexibility index (Phi) is 4.02. The fourth-order valence-corrected chi connectivity index (χ4v) is 3.20. The van der Waals surface area contributed by atoms with Crippen molar-refractivity contribution in [3.05, 3.63) is 70.8 Å². The lowest BCUT2D eigenvalue weighted by Crippen LogP contribution is -2.36. The van der Waals surface area contributed by atoms with Crippen LogP contribution in [0, 0.1) is 11.6 Å². The lowest BCUT2D eigenvalue weighted by molar-refractivity contribution is 0.395. The fraction of sp³-hybridized carbons (Fsp3) is 0.333. The molecule has 2 aromatic rings. The van der Waals surface area contributed by atoms with Gasteiger partial charge in [0.15, 0.2) is 0 Å². The molecule has 1 aliphatic carbocycles. The maximum absolute atomic E-state index is 13.8. The molecule has 2 aromatic carbocycles. The molecule has 0 amide bonds. The van der Waals surface area contributed by atoms with Crippen molar-refractivity contribution in [1.82, 2.24) is 5.32 Å². The van der Waals surface area contributed by atoms with E-state index in [1.807, 2.05) is 13.0 Å². The van der Waals surface area contributed by atoms with Gasteiger partial charge in [-0.1, -0.05) is 30.3 Å². The van der Waals surface area contributed by atoms with Crippen molar-refractivity contribution in [3.8, 4) is 0 Å². The number of rotatable bonds is 3. The molecular formula is C18H19F2N. The second-order valence-electron chi connectivity index (χ2n) is 5.73. The standard InChI is InChI=1S/C18H19F2N/c1-12(18-16(19)7-4-8-17(18)20)21-15-10-9-13-5-2-3-6-14(13)11-15/h2-8,12,15,21H,9-11H2,1H3. The van der Waals surface area contributed by atoms with Crippen molar-refractivity contribution < 1.29 is 8.78 Å². The maximum Gasteiger partial charge on any atom is 0.130 e. The highest BCUT2D eigenvalue weighted by Crippen LogP contribution is 2.25. The zero-order chi connectivity index (χ0) is 14.8. The molecule has 3 rings (SSSR count). The SMILES string of the molecule is CC(NC1CCc2ccccc2C1)c1c(F)cccc1F. The number of fused-ring (bicyclic) bond motifs is 1. The van der Waals surface area contributed by atoms with Crippen LogP contribution >= 0.6 is 0 Å². The van der Waals surface area contributed by atoms with Crippen molar-refractivity contribution in [3.63, 3.8) is 0 Å². The number of aryl methyl sites for hydroxylation is 1. The lowest BCUT2D eigenvalue weighted by atomic mass is 9.88. The number of nitrogens with one attached hydrogen (secondary N) is 1. The summed E-state index contributed by atoms with van der Waals surface area (Å²) < 4.78 is 27.6. The Bertz CT molecular complexity index is 619. The number of halogens is 2. The van der Waals surface area contributed by atoms with Crippen LogP contribution in [0.3, 0.4) is 0 Å². The van der Waals surface area contributed by atoms with E-state index < -0.39 is 11.6 Å². The third-order valence-corrected chi connectivity index (χ3v) is 4.27. The van der Waals surface area contributed by atoms with Crippen LogP contribution < -0.4 is 5.32 Å². The van der Waals surface area contributed by atoms with Gasteiger partial charge in [0.1, 0.15) is 11.6 Å². The van der Waals surface area contributed by atoms with Gasteiger partial charge in [-0.3, -0.25) is 0 Å². The van der Waals surface area contributed by atoms with E-state index in [0.717, 1.165) is 19.3 Å². The van der Waals surface area contributed by atoms with Crippen molar-refractivity contribution in [1.29, 1.82) is 0 Å². The largest absolute Gasteiger partial charge is 0.307 e. The van der Waals surface area contributed by atoms with Crippen LogP contribution in [0.15, 0.2) is 42.5 Å². The Morgan fingerprint density at radius 2 is 1.67 bits per heavy atom. The lowest BCUT2D eigenvalue weighted by Gasteiger charge is -2.29. The molecule has 1 aliphatic rings. The van der Waals surface area contributed by atoms with E-state index in [0.29, 0.717) is 0 Å². The van der Waals surface area contributed by atoms with Crippen molar-refractivity contribution in [2.24, 2.45) is 0 Å². The molecule has 21 heavy (non-hydrogen) atoms. The third kappa shape index (κ3) is 2.98. The first-order valence-corrected chi connectivity index (χ1v) is 7.42. The quantitative estimate of drug-likeness (QED) is 0.893. The Balaban J connectivity index is 1.73. The molecule has 0 aliphatic heterocycles. The molecule has 2 atom stereocenters. The summed E-state index contributed by atoms with van der Waals surface area (Å²) in [6.45, 7) is 1.82. The number of hydrogen-bond acceptors (Lipinski definition) is 1. The molecule has 0 bridgehead atoms. The van der Waals surface area contributed by atoms with E-state index in [-0.39, 0.29) is 17.6 Å². The van der Waals surface area contributed by atoms with Gasteiger partial charge in [-0.05, 0) is 49.4 Å². The zero-order valence-corrected chi connectivity index (χ0v) is 12.1. The summed E-state index contributed by atoms with van der Waals surface area (Å²) in [7, 11) is 0. The molecule has 0 radical (unpaired) electrons. The average molecular weight is 287 g/mol. The fourth-order valence-electron chi connectivity index (χ4n) is 3.20. The van der Waals surface area contributed by atoms with Gasteiger partial charge < -0.3 is 5.32 Å². The summed E-state index contributed by atoms with van der Waals surface area (Å²) in [4.78, 5) is 0. The van der Waals surface area contributed by atoms with E-state index in [4.69, 9.17) is 0 Å². The second kappa shape index (κ2) is 5.94. The first-order chi connectivity index (χ1) is 10.1. The van der Waals surface area contributed by atoms with Crippen LogP contribution in [-0.2, 0) is 12.8 Å². The number of hydrogen-bond donors (Lipinski definition) is 1. The summed E-state index contributed by atoms with van der Waals surface area (Å²) in [5, 5.41) is 3.38. The van der Waals surface area contributed by atoms with Gasteiger partial charge in [0.05, 0.1) is 0 Å². The van der Waals surface area contributed by atoms with E-state index in [1.165, 1.54) is 29.3 Å². The third-order valence-electron chi connectivity index (χ3n) is 4.27. The predicted octanol–water partition coefficient (Wildman–Crippen LogP) is 4.17. The Labute approximate surface area is 124 Å². The molecule has 1 nitrogen and oxygen atoms in total. The summed E-state index contributed by atoms with van der Waals surface area (Å²) in [6.07, 6.45) is 2.92. The molecule has 0 aromatic heterocycles. The second-order valence-corrected chi connectivity index (χ2v) is 5.73. The van der Waals surface area contributed by atoms with E-state index in [1.54, 1.807) is 0 Å². The smallest absolute Gasteiger partial charge is 0.130 e. The maximum atomic E-state index is 13.8. The van der Waals surface area contributed by atoms with Crippen molar-refractivity contribution in [2.45, 2.75) is 38.3 Å². The molecule has 0 heterocycles. The van der Waals surface area contributed by atoms with Crippen LogP contribution in [0.2, 0.25) is 0 Å². The van der Waals surface area contributed by atoms with Gasteiger partial charge in [-0.25, -0.2) is 8.78 Å². The van der Waals surface area contributed by atoms with Crippen LogP contribution in [0.25, 0.3) is 0 Å². The van der Waals surface area contributed by atoms with Crippen molar-refractivity contribution in [2.75, 3.05) is 0 Å². The highest BCUT2D eigenvalue weighted by molar-refractivity contribution is 5.31. The van der Waals surface area contributed by atoms with Crippen LogP contribution in [0.5, 0.6) is 0 Å². The normalized spacial score (nSPS) is 19.1. The Morgan fingerprint density at radius 3 is 2.38 bits per heavy atom. The number of benzene rings is 2. The molecule has 3 heteroatoms. The van der Waals surface area contributed by atoms with Gasteiger partial charge >= 0.3 is 0 Å². The molecule has 110 valence electrons. The molecular weight excluding hydrogens is 268 g/mol. The van der Waals surface area contributed by atoms with Crippen molar-refractivity contribution >= 4 is 0 Å². The first kappa shape index (κ1) is 14.2. The van der Waals surface area contributed by atoms with E-state index >= 15 is 0 Å². The van der Waals surface area contributed by atoms with Crippen LogP contribution in [-0.4, -0.2) is 6.04 Å². The first-order valence-electron chi connectivity index (χ1n) is 7.42. The summed E-state index contributed by atoms with van der Waals surface area (Å²) in [5.41, 5.74) is 2.86. The minimum Gasteiger partial charge on any atom is -0.307 e. The molecule has 1 N–H and O–H groups in total. The predicted molar refractivity (Wildman–Crippen MR) is 80.2 cm³/mol. The molecule has 0 fully saturated rings. The summed E-state index contributed by atoms with van der Waals surface area (Å²) >= 11 is 0. The molecule has 0 spiro atoms. The van der Waals surface area contributed by atoms with E-state index in [9.17, 15) is 8.78 Å². The molecule has 2 unspecified atom stereocenters. The molecule has 0 saturated carbocycles. The zero-order valence-electron chi connectivity index (χ0n) is 12.1. The van der Waals surface area contributed by atoms with Gasteiger partial charge in [-0.15, -0.1) is 0 Å². The average Bonchev–Trinajstić information content (AvgIpc) is 2.47. The van der Waals surface area contributed by atoms with Gasteiger partial charge in [0, 0.05) is 17.6 Å².